The van der Waals surface area contributed by atoms with E-state index in [4.69, 9.17) is 14.2 Å². The van der Waals surface area contributed by atoms with E-state index in [0.717, 1.165) is 69.2 Å². The van der Waals surface area contributed by atoms with Gasteiger partial charge in [0.25, 0.3) is 0 Å². The number of unbranched alkanes of at least 4 members (excludes halogenated alkanes) is 6. The number of benzene rings is 1. The molecule has 0 fully saturated rings. The van der Waals surface area contributed by atoms with Gasteiger partial charge in [-0.2, -0.15) is 0 Å². The van der Waals surface area contributed by atoms with Crippen molar-refractivity contribution in [3.63, 3.8) is 0 Å². The van der Waals surface area contributed by atoms with Crippen molar-refractivity contribution >= 4 is 0 Å². The summed E-state index contributed by atoms with van der Waals surface area (Å²) < 4.78 is 18.5. The second-order valence-electron chi connectivity index (χ2n) is 7.34. The summed E-state index contributed by atoms with van der Waals surface area (Å²) in [4.78, 5) is 0. The molecule has 0 radical (unpaired) electrons. The second-order valence-corrected chi connectivity index (χ2v) is 7.34. The monoisotopic (exact) mass is 378 g/mol. The molecule has 3 heteroatoms. The first-order valence-electron chi connectivity index (χ1n) is 11.3. The van der Waals surface area contributed by atoms with Crippen LogP contribution >= 0.6 is 0 Å². The molecule has 0 aliphatic carbocycles. The average molecular weight is 379 g/mol. The maximum atomic E-state index is 6.17. The standard InChI is InChI=1S/C24H42O3/c1-5-9-12-16-25-22-19-21(15-8-4)20-23(26-17-13-10-6-2)24(22)27-18-14-11-7-3/h19-20H,5-18H2,1-4H3. The third kappa shape index (κ3) is 9.93. The summed E-state index contributed by atoms with van der Waals surface area (Å²) in [5.41, 5.74) is 1.27. The molecule has 1 aromatic carbocycles. The van der Waals surface area contributed by atoms with E-state index in [9.17, 15) is 0 Å². The van der Waals surface area contributed by atoms with Crippen LogP contribution in [0, 0.1) is 0 Å². The van der Waals surface area contributed by atoms with E-state index in [-0.39, 0.29) is 0 Å². The van der Waals surface area contributed by atoms with E-state index in [1.165, 1.54) is 44.1 Å². The lowest BCUT2D eigenvalue weighted by molar-refractivity contribution is 0.235. The van der Waals surface area contributed by atoms with Gasteiger partial charge in [0.2, 0.25) is 5.75 Å². The Hall–Kier alpha value is -1.38. The molecule has 1 aromatic rings. The molecule has 1 rings (SSSR count). The van der Waals surface area contributed by atoms with Gasteiger partial charge < -0.3 is 14.2 Å². The van der Waals surface area contributed by atoms with E-state index >= 15 is 0 Å². The summed E-state index contributed by atoms with van der Waals surface area (Å²) in [6.07, 6.45) is 12.5. The molecule has 0 aromatic heterocycles. The Bertz CT molecular complexity index is 452. The highest BCUT2D eigenvalue weighted by Crippen LogP contribution is 2.40. The largest absolute Gasteiger partial charge is 0.490 e. The molecule has 0 saturated heterocycles. The van der Waals surface area contributed by atoms with Crippen molar-refractivity contribution in [1.82, 2.24) is 0 Å². The molecule has 0 saturated carbocycles. The van der Waals surface area contributed by atoms with Gasteiger partial charge in [0.05, 0.1) is 19.8 Å². The molecule has 156 valence electrons. The molecule has 0 aliphatic rings. The number of aryl methyl sites for hydroxylation is 1. The van der Waals surface area contributed by atoms with Gasteiger partial charge >= 0.3 is 0 Å². The third-order valence-electron chi connectivity index (χ3n) is 4.62. The van der Waals surface area contributed by atoms with Crippen molar-refractivity contribution in [3.8, 4) is 17.2 Å². The number of hydrogen-bond donors (Lipinski definition) is 0. The van der Waals surface area contributed by atoms with Crippen LogP contribution in [0.25, 0.3) is 0 Å². The topological polar surface area (TPSA) is 27.7 Å². The highest BCUT2D eigenvalue weighted by Gasteiger charge is 2.15. The highest BCUT2D eigenvalue weighted by molar-refractivity contribution is 5.54. The molecule has 3 nitrogen and oxygen atoms in total. The zero-order chi connectivity index (χ0) is 19.7. The van der Waals surface area contributed by atoms with Crippen LogP contribution in [-0.2, 0) is 6.42 Å². The maximum Gasteiger partial charge on any atom is 0.203 e. The summed E-state index contributed by atoms with van der Waals surface area (Å²) in [7, 11) is 0. The Labute approximate surface area is 167 Å². The fraction of sp³-hybridized carbons (Fsp3) is 0.750. The number of rotatable bonds is 17. The lowest BCUT2D eigenvalue weighted by atomic mass is 10.1. The van der Waals surface area contributed by atoms with Crippen molar-refractivity contribution in [2.24, 2.45) is 0 Å². The Balaban J connectivity index is 2.94. The Morgan fingerprint density at radius 1 is 0.556 bits per heavy atom. The average Bonchev–Trinajstić information content (AvgIpc) is 2.67. The second kappa shape index (κ2) is 15.7. The van der Waals surface area contributed by atoms with Crippen LogP contribution in [0.3, 0.4) is 0 Å². The Kier molecular flexibility index (Phi) is 13.7. The van der Waals surface area contributed by atoms with Crippen molar-refractivity contribution in [2.75, 3.05) is 19.8 Å². The SMILES string of the molecule is CCCCCOc1cc(CCC)cc(OCCCCC)c1OCCCCC. The minimum Gasteiger partial charge on any atom is -0.490 e. The summed E-state index contributed by atoms with van der Waals surface area (Å²) in [5, 5.41) is 0. The van der Waals surface area contributed by atoms with Crippen molar-refractivity contribution in [2.45, 2.75) is 98.3 Å². The molecule has 0 N–H and O–H groups in total. The smallest absolute Gasteiger partial charge is 0.203 e. The first-order chi connectivity index (χ1) is 13.3. The normalized spacial score (nSPS) is 10.8. The van der Waals surface area contributed by atoms with Crippen LogP contribution in [0.2, 0.25) is 0 Å². The van der Waals surface area contributed by atoms with Gasteiger partial charge in [-0.25, -0.2) is 0 Å². The summed E-state index contributed by atoms with van der Waals surface area (Å²) in [5.74, 6) is 2.53. The van der Waals surface area contributed by atoms with Crippen LogP contribution in [0.5, 0.6) is 17.2 Å². The fourth-order valence-corrected chi connectivity index (χ4v) is 3.02. The van der Waals surface area contributed by atoms with Gasteiger partial charge in [0.15, 0.2) is 11.5 Å². The number of hydrogen-bond acceptors (Lipinski definition) is 3. The van der Waals surface area contributed by atoms with E-state index < -0.39 is 0 Å². The van der Waals surface area contributed by atoms with Gasteiger partial charge in [-0.1, -0.05) is 72.6 Å². The minimum absolute atomic E-state index is 0.720. The molecular formula is C24H42O3. The lowest BCUT2D eigenvalue weighted by Gasteiger charge is -2.19. The molecule has 27 heavy (non-hydrogen) atoms. The molecule has 0 bridgehead atoms. The van der Waals surface area contributed by atoms with E-state index in [1.807, 2.05) is 0 Å². The van der Waals surface area contributed by atoms with E-state index in [0.29, 0.717) is 0 Å². The molecule has 0 heterocycles. The van der Waals surface area contributed by atoms with Crippen LogP contribution < -0.4 is 14.2 Å². The summed E-state index contributed by atoms with van der Waals surface area (Å²) in [6, 6.07) is 4.31. The maximum absolute atomic E-state index is 6.17. The molecule has 0 unspecified atom stereocenters. The van der Waals surface area contributed by atoms with Gasteiger partial charge in [-0.3, -0.25) is 0 Å². The Morgan fingerprint density at radius 3 is 1.41 bits per heavy atom. The van der Waals surface area contributed by atoms with Crippen LogP contribution in [0.1, 0.15) is 97.5 Å². The van der Waals surface area contributed by atoms with Crippen LogP contribution in [0.4, 0.5) is 0 Å². The van der Waals surface area contributed by atoms with Gasteiger partial charge in [0, 0.05) is 0 Å². The molecule has 0 aliphatic heterocycles. The van der Waals surface area contributed by atoms with Gasteiger partial charge in [-0.05, 0) is 43.4 Å². The predicted octanol–water partition coefficient (Wildman–Crippen LogP) is 7.35. The fourth-order valence-electron chi connectivity index (χ4n) is 3.02. The highest BCUT2D eigenvalue weighted by atomic mass is 16.5. The van der Waals surface area contributed by atoms with E-state index in [1.54, 1.807) is 0 Å². The predicted molar refractivity (Wildman–Crippen MR) is 115 cm³/mol. The first-order valence-corrected chi connectivity index (χ1v) is 11.3. The minimum atomic E-state index is 0.720. The quantitative estimate of drug-likeness (QED) is 0.265. The van der Waals surface area contributed by atoms with Crippen LogP contribution in [-0.4, -0.2) is 19.8 Å². The van der Waals surface area contributed by atoms with Gasteiger partial charge in [0.1, 0.15) is 0 Å². The summed E-state index contributed by atoms with van der Waals surface area (Å²) in [6.45, 7) is 11.0. The van der Waals surface area contributed by atoms with Crippen molar-refractivity contribution in [3.05, 3.63) is 17.7 Å². The molecule has 0 amide bonds. The lowest BCUT2D eigenvalue weighted by Crippen LogP contribution is -2.07. The summed E-state index contributed by atoms with van der Waals surface area (Å²) >= 11 is 0. The molecule has 0 atom stereocenters. The zero-order valence-corrected chi connectivity index (χ0v) is 18.3. The van der Waals surface area contributed by atoms with Crippen molar-refractivity contribution < 1.29 is 14.2 Å². The third-order valence-corrected chi connectivity index (χ3v) is 4.62. The molecule has 0 spiro atoms. The van der Waals surface area contributed by atoms with Gasteiger partial charge in [-0.15, -0.1) is 0 Å². The van der Waals surface area contributed by atoms with E-state index in [2.05, 4.69) is 39.8 Å². The van der Waals surface area contributed by atoms with Crippen molar-refractivity contribution in [1.29, 1.82) is 0 Å². The zero-order valence-electron chi connectivity index (χ0n) is 18.3. The Morgan fingerprint density at radius 2 is 1.00 bits per heavy atom. The van der Waals surface area contributed by atoms with Crippen LogP contribution in [0.15, 0.2) is 12.1 Å². The first kappa shape index (κ1) is 23.7. The number of ether oxygens (including phenoxy) is 3. The molecular weight excluding hydrogens is 336 g/mol.